The Labute approximate surface area is 153 Å². The molecule has 1 amide bonds. The van der Waals surface area contributed by atoms with Gasteiger partial charge in [0.15, 0.2) is 0 Å². The Morgan fingerprint density at radius 2 is 1.80 bits per heavy atom. The summed E-state index contributed by atoms with van der Waals surface area (Å²) < 4.78 is 0. The zero-order chi connectivity index (χ0) is 18.0. The summed E-state index contributed by atoms with van der Waals surface area (Å²) in [6.07, 6.45) is 0. The van der Waals surface area contributed by atoms with Gasteiger partial charge in [0.2, 0.25) is 5.96 Å². The first-order chi connectivity index (χ1) is 12.0. The van der Waals surface area contributed by atoms with Crippen LogP contribution in [0, 0.1) is 10.1 Å². The number of amides is 1. The van der Waals surface area contributed by atoms with E-state index in [0.29, 0.717) is 40.3 Å². The minimum atomic E-state index is -0.516. The van der Waals surface area contributed by atoms with E-state index in [-0.39, 0.29) is 11.6 Å². The van der Waals surface area contributed by atoms with E-state index in [1.54, 1.807) is 18.2 Å². The van der Waals surface area contributed by atoms with Gasteiger partial charge in [0, 0.05) is 30.8 Å². The lowest BCUT2D eigenvalue weighted by atomic mass is 10.2. The Morgan fingerprint density at radius 1 is 1.16 bits per heavy atom. The molecule has 2 aromatic rings. The average Bonchev–Trinajstić information content (AvgIpc) is 3.06. The molecule has 1 aliphatic rings. The summed E-state index contributed by atoms with van der Waals surface area (Å²) in [6, 6.07) is 10.4. The molecule has 3 rings (SSSR count). The molecule has 1 aliphatic heterocycles. The van der Waals surface area contributed by atoms with Gasteiger partial charge in [0.25, 0.3) is 11.6 Å². The fourth-order valence-corrected chi connectivity index (χ4v) is 2.84. The molecule has 128 valence electrons. The van der Waals surface area contributed by atoms with Gasteiger partial charge < -0.3 is 5.32 Å². The van der Waals surface area contributed by atoms with Crippen LogP contribution in [0.1, 0.15) is 10.4 Å². The molecule has 1 saturated heterocycles. The molecule has 0 spiro atoms. The molecule has 0 saturated carbocycles. The second-order valence-electron chi connectivity index (χ2n) is 5.19. The number of rotatable bonds is 3. The van der Waals surface area contributed by atoms with Crippen LogP contribution in [0.4, 0.5) is 11.4 Å². The number of halogens is 2. The molecule has 0 aromatic heterocycles. The number of nitro groups is 1. The molecule has 2 aromatic carbocycles. The lowest BCUT2D eigenvalue weighted by molar-refractivity contribution is -0.384. The van der Waals surface area contributed by atoms with Crippen molar-refractivity contribution in [1.82, 2.24) is 10.2 Å². The van der Waals surface area contributed by atoms with Crippen LogP contribution < -0.4 is 5.32 Å². The molecule has 9 heteroatoms. The summed E-state index contributed by atoms with van der Waals surface area (Å²) in [7, 11) is 0. The van der Waals surface area contributed by atoms with Crippen molar-refractivity contribution in [3.8, 4) is 0 Å². The highest BCUT2D eigenvalue weighted by Crippen LogP contribution is 2.33. The van der Waals surface area contributed by atoms with E-state index in [4.69, 9.17) is 23.2 Å². The molecule has 7 nitrogen and oxygen atoms in total. The van der Waals surface area contributed by atoms with Crippen LogP contribution in [-0.4, -0.2) is 34.8 Å². The highest BCUT2D eigenvalue weighted by Gasteiger charge is 2.26. The van der Waals surface area contributed by atoms with Crippen LogP contribution in [0.25, 0.3) is 0 Å². The Bertz CT molecular complexity index is 848. The maximum atomic E-state index is 12.7. The van der Waals surface area contributed by atoms with Gasteiger partial charge in [-0.1, -0.05) is 29.3 Å². The summed E-state index contributed by atoms with van der Waals surface area (Å²) in [6.45, 7) is 0.941. The van der Waals surface area contributed by atoms with E-state index in [1.165, 1.54) is 29.2 Å². The van der Waals surface area contributed by atoms with Crippen molar-refractivity contribution in [1.29, 1.82) is 0 Å². The third kappa shape index (κ3) is 3.57. The van der Waals surface area contributed by atoms with Crippen molar-refractivity contribution < 1.29 is 9.72 Å². The Morgan fingerprint density at radius 3 is 2.40 bits per heavy atom. The summed E-state index contributed by atoms with van der Waals surface area (Å²) in [5.74, 6) is 0.0141. The van der Waals surface area contributed by atoms with Crippen molar-refractivity contribution in [2.45, 2.75) is 0 Å². The molecule has 25 heavy (non-hydrogen) atoms. The second kappa shape index (κ2) is 7.08. The van der Waals surface area contributed by atoms with E-state index in [0.717, 1.165) is 0 Å². The smallest absolute Gasteiger partial charge is 0.269 e. The SMILES string of the molecule is O=C(c1ccc([N+](=O)[O-])cc1)N1CCNC1=Nc1c(Cl)cccc1Cl. The number of non-ortho nitro benzene ring substituents is 1. The first kappa shape index (κ1) is 17.2. The monoisotopic (exact) mass is 378 g/mol. The number of aliphatic imine (C=N–C) groups is 1. The minimum Gasteiger partial charge on any atom is -0.354 e. The minimum absolute atomic E-state index is 0.0761. The van der Waals surface area contributed by atoms with Crippen molar-refractivity contribution >= 4 is 46.4 Å². The van der Waals surface area contributed by atoms with E-state index >= 15 is 0 Å². The Hall–Kier alpha value is -2.64. The van der Waals surface area contributed by atoms with Gasteiger partial charge in [-0.3, -0.25) is 19.8 Å². The van der Waals surface area contributed by atoms with Crippen LogP contribution in [0.15, 0.2) is 47.5 Å². The zero-order valence-corrected chi connectivity index (χ0v) is 14.3. The number of nitrogens with zero attached hydrogens (tertiary/aromatic N) is 3. The van der Waals surface area contributed by atoms with Crippen LogP contribution in [0.3, 0.4) is 0 Å². The maximum absolute atomic E-state index is 12.7. The molecular formula is C16H12Cl2N4O3. The standard InChI is InChI=1S/C16H12Cl2N4O3/c17-12-2-1-3-13(18)14(12)20-16-19-8-9-21(16)15(23)10-4-6-11(7-5-10)22(24)25/h1-7H,8-9H2,(H,19,20). The lowest BCUT2D eigenvalue weighted by Crippen LogP contribution is -2.35. The van der Waals surface area contributed by atoms with Crippen LogP contribution in [0.2, 0.25) is 10.0 Å². The highest BCUT2D eigenvalue weighted by molar-refractivity contribution is 6.38. The van der Waals surface area contributed by atoms with Gasteiger partial charge in [0.05, 0.1) is 15.0 Å². The average molecular weight is 379 g/mol. The summed E-state index contributed by atoms with van der Waals surface area (Å²) in [5, 5.41) is 14.5. The number of benzene rings is 2. The molecule has 1 fully saturated rings. The number of carbonyl (C=O) groups is 1. The summed E-state index contributed by atoms with van der Waals surface area (Å²) >= 11 is 12.2. The fraction of sp³-hybridized carbons (Fsp3) is 0.125. The number of guanidine groups is 1. The largest absolute Gasteiger partial charge is 0.354 e. The Balaban J connectivity index is 1.89. The van der Waals surface area contributed by atoms with Crippen LogP contribution in [0.5, 0.6) is 0 Å². The molecular weight excluding hydrogens is 367 g/mol. The van der Waals surface area contributed by atoms with Crippen LogP contribution >= 0.6 is 23.2 Å². The maximum Gasteiger partial charge on any atom is 0.269 e. The molecule has 0 radical (unpaired) electrons. The van der Waals surface area contributed by atoms with Crippen molar-refractivity contribution in [3.05, 3.63) is 68.2 Å². The Kier molecular flexibility index (Phi) is 4.87. The topological polar surface area (TPSA) is 87.8 Å². The fourth-order valence-electron chi connectivity index (χ4n) is 2.36. The van der Waals surface area contributed by atoms with Crippen molar-refractivity contribution in [2.24, 2.45) is 4.99 Å². The number of para-hydroxylation sites is 1. The van der Waals surface area contributed by atoms with Crippen molar-refractivity contribution in [2.75, 3.05) is 13.1 Å². The third-order valence-corrected chi connectivity index (χ3v) is 4.21. The third-order valence-electron chi connectivity index (χ3n) is 3.60. The predicted molar refractivity (Wildman–Crippen MR) is 95.7 cm³/mol. The lowest BCUT2D eigenvalue weighted by Gasteiger charge is -2.16. The van der Waals surface area contributed by atoms with Gasteiger partial charge in [-0.2, -0.15) is 0 Å². The molecule has 0 aliphatic carbocycles. The number of hydrogen-bond acceptors (Lipinski definition) is 4. The van der Waals surface area contributed by atoms with Crippen molar-refractivity contribution in [3.63, 3.8) is 0 Å². The van der Waals surface area contributed by atoms with Gasteiger partial charge in [-0.15, -0.1) is 0 Å². The summed E-state index contributed by atoms with van der Waals surface area (Å²) in [5.41, 5.74) is 0.622. The first-order valence-electron chi connectivity index (χ1n) is 7.30. The number of nitro benzene ring substituents is 1. The number of nitrogens with one attached hydrogen (secondary N) is 1. The van der Waals surface area contributed by atoms with E-state index < -0.39 is 4.92 Å². The van der Waals surface area contributed by atoms with Gasteiger partial charge in [-0.05, 0) is 24.3 Å². The molecule has 0 unspecified atom stereocenters. The molecule has 0 bridgehead atoms. The van der Waals surface area contributed by atoms with E-state index in [9.17, 15) is 14.9 Å². The van der Waals surface area contributed by atoms with Gasteiger partial charge in [0.1, 0.15) is 5.69 Å². The number of carbonyl (C=O) groups excluding carboxylic acids is 1. The second-order valence-corrected chi connectivity index (χ2v) is 6.01. The zero-order valence-electron chi connectivity index (χ0n) is 12.8. The quantitative estimate of drug-likeness (QED) is 0.652. The van der Waals surface area contributed by atoms with Gasteiger partial charge in [-0.25, -0.2) is 4.99 Å². The number of hydrogen-bond donors (Lipinski definition) is 1. The van der Waals surface area contributed by atoms with E-state index in [1.807, 2.05) is 0 Å². The summed E-state index contributed by atoms with van der Waals surface area (Å²) in [4.78, 5) is 28.7. The highest BCUT2D eigenvalue weighted by atomic mass is 35.5. The van der Waals surface area contributed by atoms with E-state index in [2.05, 4.69) is 10.3 Å². The molecule has 1 N–H and O–H groups in total. The van der Waals surface area contributed by atoms with Crippen LogP contribution in [-0.2, 0) is 0 Å². The van der Waals surface area contributed by atoms with Gasteiger partial charge >= 0.3 is 0 Å². The molecule has 1 heterocycles. The first-order valence-corrected chi connectivity index (χ1v) is 8.06. The molecule has 0 atom stereocenters. The normalized spacial score (nSPS) is 15.3. The predicted octanol–water partition coefficient (Wildman–Crippen LogP) is 3.63.